The molecular formula is C22H19N3O3. The van der Waals surface area contributed by atoms with Gasteiger partial charge >= 0.3 is 0 Å². The fourth-order valence-corrected chi connectivity index (χ4v) is 2.97. The van der Waals surface area contributed by atoms with Crippen molar-refractivity contribution in [2.24, 2.45) is 0 Å². The van der Waals surface area contributed by atoms with Crippen molar-refractivity contribution in [2.45, 2.75) is 18.9 Å². The molecule has 0 fully saturated rings. The fraction of sp³-hybridized carbons (Fsp3) is 0.136. The Morgan fingerprint density at radius 1 is 0.929 bits per heavy atom. The molecule has 0 radical (unpaired) electrons. The van der Waals surface area contributed by atoms with Crippen LogP contribution in [-0.2, 0) is 11.2 Å². The van der Waals surface area contributed by atoms with Crippen molar-refractivity contribution in [1.29, 1.82) is 0 Å². The van der Waals surface area contributed by atoms with Gasteiger partial charge in [-0.3, -0.25) is 4.79 Å². The van der Waals surface area contributed by atoms with Crippen LogP contribution in [0, 0.1) is 0 Å². The number of carbonyl (C=O) groups is 1. The topological polar surface area (TPSA) is 81.2 Å². The third-order valence-corrected chi connectivity index (χ3v) is 4.35. The zero-order chi connectivity index (χ0) is 19.2. The summed E-state index contributed by atoms with van der Waals surface area (Å²) < 4.78 is 10.5. The number of nitrogens with zero attached hydrogens (tertiary/aromatic N) is 2. The molecule has 0 unspecified atom stereocenters. The van der Waals surface area contributed by atoms with Crippen LogP contribution in [0.5, 0.6) is 0 Å². The first-order valence-electron chi connectivity index (χ1n) is 9.05. The Labute approximate surface area is 162 Å². The monoisotopic (exact) mass is 373 g/mol. The fourth-order valence-electron chi connectivity index (χ4n) is 2.97. The first-order valence-corrected chi connectivity index (χ1v) is 9.05. The van der Waals surface area contributed by atoms with Gasteiger partial charge in [0.1, 0.15) is 0 Å². The number of carbonyl (C=O) groups excluding carboxylic acids is 1. The molecule has 6 nitrogen and oxygen atoms in total. The molecule has 0 aliphatic rings. The lowest BCUT2D eigenvalue weighted by Crippen LogP contribution is -2.29. The minimum absolute atomic E-state index is 0.0875. The van der Waals surface area contributed by atoms with Crippen molar-refractivity contribution in [1.82, 2.24) is 15.5 Å². The number of nitrogens with one attached hydrogen (secondary N) is 1. The summed E-state index contributed by atoms with van der Waals surface area (Å²) in [6, 6.07) is 23.1. The summed E-state index contributed by atoms with van der Waals surface area (Å²) in [5.74, 6) is 1.23. The van der Waals surface area contributed by atoms with Crippen LogP contribution in [-0.4, -0.2) is 16.0 Å². The molecule has 140 valence electrons. The normalized spacial score (nSPS) is 10.9. The second-order valence-corrected chi connectivity index (χ2v) is 6.31. The van der Waals surface area contributed by atoms with Gasteiger partial charge in [0.15, 0.2) is 5.76 Å². The van der Waals surface area contributed by atoms with Gasteiger partial charge in [-0.25, -0.2) is 0 Å². The summed E-state index contributed by atoms with van der Waals surface area (Å²) in [6.45, 7) is 0. The molecule has 2 aromatic carbocycles. The Bertz CT molecular complexity index is 972. The predicted molar refractivity (Wildman–Crippen MR) is 103 cm³/mol. The van der Waals surface area contributed by atoms with Crippen LogP contribution in [0.1, 0.15) is 29.5 Å². The maximum Gasteiger partial charge on any atom is 0.238 e. The third kappa shape index (κ3) is 4.17. The number of hydrogen-bond acceptors (Lipinski definition) is 5. The van der Waals surface area contributed by atoms with Crippen LogP contribution in [0.15, 0.2) is 88.0 Å². The van der Waals surface area contributed by atoms with Crippen molar-refractivity contribution in [3.8, 4) is 11.6 Å². The maximum atomic E-state index is 12.6. The molecule has 0 spiro atoms. The highest BCUT2D eigenvalue weighted by molar-refractivity contribution is 5.77. The number of amides is 1. The van der Waals surface area contributed by atoms with Crippen molar-refractivity contribution in [3.05, 3.63) is 96.1 Å². The molecule has 0 atom stereocenters. The Morgan fingerprint density at radius 3 is 2.21 bits per heavy atom. The van der Waals surface area contributed by atoms with E-state index in [1.165, 1.54) is 0 Å². The number of aromatic nitrogens is 2. The van der Waals surface area contributed by atoms with Crippen LogP contribution in [0.25, 0.3) is 11.6 Å². The summed E-state index contributed by atoms with van der Waals surface area (Å²) in [5, 5.41) is 6.99. The number of benzene rings is 2. The lowest BCUT2D eigenvalue weighted by Gasteiger charge is -2.19. The van der Waals surface area contributed by atoms with E-state index in [1.807, 2.05) is 60.7 Å². The van der Waals surface area contributed by atoms with Crippen molar-refractivity contribution >= 4 is 5.91 Å². The lowest BCUT2D eigenvalue weighted by molar-refractivity contribution is -0.121. The summed E-state index contributed by atoms with van der Waals surface area (Å²) in [5.41, 5.74) is 2.06. The molecule has 0 saturated carbocycles. The Hall–Kier alpha value is -3.67. The molecule has 0 saturated heterocycles. The van der Waals surface area contributed by atoms with Crippen LogP contribution < -0.4 is 5.32 Å². The predicted octanol–water partition coefficient (Wildman–Crippen LogP) is 4.17. The van der Waals surface area contributed by atoms with Crippen molar-refractivity contribution in [2.75, 3.05) is 0 Å². The van der Waals surface area contributed by atoms with Crippen molar-refractivity contribution in [3.63, 3.8) is 0 Å². The summed E-state index contributed by atoms with van der Waals surface area (Å²) in [6.07, 6.45) is 2.15. The minimum Gasteiger partial charge on any atom is -0.461 e. The van der Waals surface area contributed by atoms with E-state index in [0.717, 1.165) is 11.1 Å². The van der Waals surface area contributed by atoms with E-state index in [-0.39, 0.29) is 18.4 Å². The maximum absolute atomic E-state index is 12.6. The summed E-state index contributed by atoms with van der Waals surface area (Å²) in [4.78, 5) is 16.9. The highest BCUT2D eigenvalue weighted by atomic mass is 16.5. The van der Waals surface area contributed by atoms with Gasteiger partial charge in [-0.15, -0.1) is 0 Å². The van der Waals surface area contributed by atoms with E-state index in [2.05, 4.69) is 15.5 Å². The lowest BCUT2D eigenvalue weighted by atomic mass is 9.98. The minimum atomic E-state index is -0.212. The number of hydrogen-bond donors (Lipinski definition) is 1. The molecule has 2 aromatic heterocycles. The Morgan fingerprint density at radius 2 is 1.61 bits per heavy atom. The number of aryl methyl sites for hydroxylation is 1. The van der Waals surface area contributed by atoms with Crippen molar-refractivity contribution < 1.29 is 13.7 Å². The first kappa shape index (κ1) is 17.7. The highest BCUT2D eigenvalue weighted by Gasteiger charge is 2.18. The van der Waals surface area contributed by atoms with Gasteiger partial charge in [0, 0.05) is 12.8 Å². The molecule has 0 bridgehead atoms. The molecular weight excluding hydrogens is 354 g/mol. The Balaban J connectivity index is 1.42. The number of rotatable bonds is 7. The van der Waals surface area contributed by atoms with Crippen LogP contribution in [0.3, 0.4) is 0 Å². The van der Waals surface area contributed by atoms with E-state index >= 15 is 0 Å². The number of furan rings is 1. The average Bonchev–Trinajstić information content (AvgIpc) is 3.43. The van der Waals surface area contributed by atoms with E-state index in [0.29, 0.717) is 23.9 Å². The zero-order valence-electron chi connectivity index (χ0n) is 15.1. The second kappa shape index (κ2) is 8.35. The van der Waals surface area contributed by atoms with E-state index in [4.69, 9.17) is 8.94 Å². The molecule has 6 heteroatoms. The molecule has 1 amide bonds. The molecule has 4 rings (SSSR count). The van der Waals surface area contributed by atoms with E-state index in [9.17, 15) is 4.79 Å². The SMILES string of the molecule is O=C(CCc1nc(-c2ccco2)no1)NC(c1ccccc1)c1ccccc1. The van der Waals surface area contributed by atoms with Gasteiger partial charge in [0.2, 0.25) is 17.6 Å². The smallest absolute Gasteiger partial charge is 0.238 e. The van der Waals surface area contributed by atoms with Gasteiger partial charge in [0.05, 0.1) is 12.3 Å². The molecule has 28 heavy (non-hydrogen) atoms. The van der Waals surface area contributed by atoms with Gasteiger partial charge in [0.25, 0.3) is 0 Å². The standard InChI is InChI=1S/C22H19N3O3/c26-19(13-14-20-24-22(25-28-20)18-12-7-15-27-18)23-21(16-8-3-1-4-9-16)17-10-5-2-6-11-17/h1-12,15,21H,13-14H2,(H,23,26). The van der Waals surface area contributed by atoms with Gasteiger partial charge in [-0.2, -0.15) is 4.98 Å². The Kier molecular flexibility index (Phi) is 5.29. The summed E-state index contributed by atoms with van der Waals surface area (Å²) >= 11 is 0. The zero-order valence-corrected chi connectivity index (χ0v) is 15.1. The molecule has 4 aromatic rings. The highest BCUT2D eigenvalue weighted by Crippen LogP contribution is 2.22. The molecule has 2 heterocycles. The average molecular weight is 373 g/mol. The largest absolute Gasteiger partial charge is 0.461 e. The van der Waals surface area contributed by atoms with Gasteiger partial charge in [-0.1, -0.05) is 65.8 Å². The second-order valence-electron chi connectivity index (χ2n) is 6.31. The summed E-state index contributed by atoms with van der Waals surface area (Å²) in [7, 11) is 0. The van der Waals surface area contributed by atoms with Crippen LogP contribution in [0.4, 0.5) is 0 Å². The molecule has 0 aliphatic carbocycles. The van der Waals surface area contributed by atoms with Gasteiger partial charge in [-0.05, 0) is 23.3 Å². The first-order chi connectivity index (χ1) is 13.8. The van der Waals surface area contributed by atoms with Gasteiger partial charge < -0.3 is 14.3 Å². The molecule has 1 N–H and O–H groups in total. The quantitative estimate of drug-likeness (QED) is 0.526. The van der Waals surface area contributed by atoms with Crippen LogP contribution in [0.2, 0.25) is 0 Å². The van der Waals surface area contributed by atoms with Crippen LogP contribution >= 0.6 is 0 Å². The third-order valence-electron chi connectivity index (χ3n) is 4.35. The molecule has 0 aliphatic heterocycles. The van der Waals surface area contributed by atoms with E-state index in [1.54, 1.807) is 18.4 Å². The van der Waals surface area contributed by atoms with E-state index < -0.39 is 0 Å².